The Morgan fingerprint density at radius 1 is 0.684 bits per heavy atom. The van der Waals surface area contributed by atoms with E-state index in [1.54, 1.807) is 0 Å². The van der Waals surface area contributed by atoms with Crippen LogP contribution in [0.5, 0.6) is 0 Å². The monoisotopic (exact) mass is 257 g/mol. The van der Waals surface area contributed by atoms with Crippen LogP contribution < -0.4 is 0 Å². The van der Waals surface area contributed by atoms with Crippen molar-refractivity contribution in [2.45, 2.75) is 19.3 Å². The minimum Gasteiger partial charge on any atom is -0.287 e. The van der Waals surface area contributed by atoms with Crippen molar-refractivity contribution in [2.24, 2.45) is 30.6 Å². The molecule has 0 atom stereocenters. The fourth-order valence-corrected chi connectivity index (χ4v) is 2.16. The topological polar surface area (TPSA) is 77.4 Å². The molecule has 3 aliphatic heterocycles. The summed E-state index contributed by atoms with van der Waals surface area (Å²) < 4.78 is 0. The summed E-state index contributed by atoms with van der Waals surface area (Å²) in [6.45, 7) is 2.37. The van der Waals surface area contributed by atoms with Crippen LogP contribution in [0.15, 0.2) is 30.6 Å². The Bertz CT molecular complexity index is 448. The Labute approximate surface area is 111 Å². The van der Waals surface area contributed by atoms with Crippen LogP contribution in [-0.4, -0.2) is 60.3 Å². The molecule has 7 nitrogen and oxygen atoms in total. The number of nitrogens with zero attached hydrogens (tertiary/aromatic N) is 7. The lowest BCUT2D eigenvalue weighted by Gasteiger charge is -2.21. The lowest BCUT2D eigenvalue weighted by molar-refractivity contribution is 0.402. The van der Waals surface area contributed by atoms with Gasteiger partial charge in [0.25, 0.3) is 0 Å². The molecule has 0 fully saturated rings. The third-order valence-electron chi connectivity index (χ3n) is 3.04. The van der Waals surface area contributed by atoms with Crippen molar-refractivity contribution in [1.29, 1.82) is 0 Å². The molecule has 0 aromatic rings. The van der Waals surface area contributed by atoms with E-state index in [0.29, 0.717) is 0 Å². The minimum absolute atomic E-state index is 0.790. The minimum atomic E-state index is 0.790. The van der Waals surface area contributed by atoms with Gasteiger partial charge in [0.1, 0.15) is 0 Å². The quantitative estimate of drug-likeness (QED) is 0.692. The van der Waals surface area contributed by atoms with E-state index in [9.17, 15) is 0 Å². The second kappa shape index (κ2) is 5.75. The van der Waals surface area contributed by atoms with Crippen molar-refractivity contribution < 1.29 is 0 Å². The fraction of sp³-hybridized carbons (Fsp3) is 0.500. The molecule has 0 saturated carbocycles. The van der Waals surface area contributed by atoms with Gasteiger partial charge >= 0.3 is 0 Å². The molecule has 0 aromatic carbocycles. The first-order valence-electron chi connectivity index (χ1n) is 6.34. The lowest BCUT2D eigenvalue weighted by Crippen LogP contribution is -2.37. The molecule has 0 spiro atoms. The molecule has 0 unspecified atom stereocenters. The van der Waals surface area contributed by atoms with Gasteiger partial charge in [-0.05, 0) is 0 Å². The standard InChI is InChI=1S/C12H15N7/c1-4-13-16-10(1)7-19(8-11-2-5-14-17-11)9-12-3-6-15-18-12/h4-6H,1-3,7-9H2. The summed E-state index contributed by atoms with van der Waals surface area (Å²) in [5, 5.41) is 24.1. The molecule has 7 heteroatoms. The highest BCUT2D eigenvalue weighted by Crippen LogP contribution is 2.05. The summed E-state index contributed by atoms with van der Waals surface area (Å²) in [4.78, 5) is 2.27. The molecule has 0 aromatic heterocycles. The van der Waals surface area contributed by atoms with E-state index in [4.69, 9.17) is 0 Å². The van der Waals surface area contributed by atoms with Crippen LogP contribution in [0.3, 0.4) is 0 Å². The van der Waals surface area contributed by atoms with Crippen LogP contribution in [-0.2, 0) is 0 Å². The summed E-state index contributed by atoms with van der Waals surface area (Å²) >= 11 is 0. The third-order valence-corrected chi connectivity index (χ3v) is 3.04. The van der Waals surface area contributed by atoms with Crippen LogP contribution in [0.4, 0.5) is 0 Å². The summed E-state index contributed by atoms with van der Waals surface area (Å²) in [6, 6.07) is 0. The first-order valence-corrected chi connectivity index (χ1v) is 6.34. The van der Waals surface area contributed by atoms with Gasteiger partial charge in [-0.3, -0.25) is 4.90 Å². The molecule has 3 aliphatic rings. The van der Waals surface area contributed by atoms with Crippen LogP contribution in [0, 0.1) is 0 Å². The summed E-state index contributed by atoms with van der Waals surface area (Å²) in [5.41, 5.74) is 3.25. The van der Waals surface area contributed by atoms with Gasteiger partial charge in [0.15, 0.2) is 0 Å². The van der Waals surface area contributed by atoms with Crippen molar-refractivity contribution in [3.63, 3.8) is 0 Å². The maximum atomic E-state index is 4.13. The van der Waals surface area contributed by atoms with Gasteiger partial charge in [0.05, 0.1) is 17.1 Å². The first kappa shape index (κ1) is 12.0. The Morgan fingerprint density at radius 3 is 1.32 bits per heavy atom. The maximum Gasteiger partial charge on any atom is 0.0599 e. The predicted octanol–water partition coefficient (Wildman–Crippen LogP) is 0.780. The van der Waals surface area contributed by atoms with Crippen LogP contribution in [0.1, 0.15) is 19.3 Å². The van der Waals surface area contributed by atoms with Gasteiger partial charge in [-0.15, -0.1) is 0 Å². The molecular formula is C12H15N7. The zero-order valence-corrected chi connectivity index (χ0v) is 10.6. The van der Waals surface area contributed by atoms with E-state index in [1.165, 1.54) is 0 Å². The van der Waals surface area contributed by atoms with E-state index in [0.717, 1.165) is 56.0 Å². The smallest absolute Gasteiger partial charge is 0.0599 e. The second-order valence-electron chi connectivity index (χ2n) is 4.65. The molecule has 0 amide bonds. The van der Waals surface area contributed by atoms with Crippen molar-refractivity contribution in [3.8, 4) is 0 Å². The molecule has 3 heterocycles. The van der Waals surface area contributed by atoms with Crippen molar-refractivity contribution in [1.82, 2.24) is 4.90 Å². The highest BCUT2D eigenvalue weighted by atomic mass is 15.3. The molecule has 0 radical (unpaired) electrons. The first-order chi connectivity index (χ1) is 9.40. The van der Waals surface area contributed by atoms with Crippen LogP contribution in [0.2, 0.25) is 0 Å². The normalized spacial score (nSPS) is 20.4. The SMILES string of the molecule is C1=NN=C(CN(CC2=NN=CC2)CC2=NN=CC2)C1. The lowest BCUT2D eigenvalue weighted by atomic mass is 10.2. The summed E-state index contributed by atoms with van der Waals surface area (Å²) in [6.07, 6.45) is 8.01. The van der Waals surface area contributed by atoms with Crippen LogP contribution in [0.25, 0.3) is 0 Å². The van der Waals surface area contributed by atoms with Gasteiger partial charge in [0, 0.05) is 57.5 Å². The zero-order chi connectivity index (χ0) is 12.9. The third kappa shape index (κ3) is 3.25. The van der Waals surface area contributed by atoms with Crippen LogP contribution >= 0.6 is 0 Å². The van der Waals surface area contributed by atoms with E-state index in [1.807, 2.05) is 18.6 Å². The number of rotatable bonds is 6. The van der Waals surface area contributed by atoms with E-state index in [-0.39, 0.29) is 0 Å². The summed E-state index contributed by atoms with van der Waals surface area (Å²) in [7, 11) is 0. The van der Waals surface area contributed by atoms with Gasteiger partial charge < -0.3 is 0 Å². The number of hydrogen-bond acceptors (Lipinski definition) is 7. The Hall–Kier alpha value is -2.02. The molecule has 0 bridgehead atoms. The zero-order valence-electron chi connectivity index (χ0n) is 10.6. The molecule has 98 valence electrons. The molecule has 3 rings (SSSR count). The Morgan fingerprint density at radius 2 is 1.05 bits per heavy atom. The fourth-order valence-electron chi connectivity index (χ4n) is 2.16. The molecule has 0 aliphatic carbocycles. The molecule has 0 N–H and O–H groups in total. The van der Waals surface area contributed by atoms with Crippen molar-refractivity contribution >= 4 is 35.8 Å². The van der Waals surface area contributed by atoms with E-state index < -0.39 is 0 Å². The van der Waals surface area contributed by atoms with Gasteiger partial charge in [0.2, 0.25) is 0 Å². The average molecular weight is 257 g/mol. The van der Waals surface area contributed by atoms with E-state index >= 15 is 0 Å². The van der Waals surface area contributed by atoms with Crippen molar-refractivity contribution in [2.75, 3.05) is 19.6 Å². The molecule has 19 heavy (non-hydrogen) atoms. The molecule has 0 saturated heterocycles. The second-order valence-corrected chi connectivity index (χ2v) is 4.65. The summed E-state index contributed by atoms with van der Waals surface area (Å²) in [5.74, 6) is 0. The highest BCUT2D eigenvalue weighted by molar-refractivity contribution is 6.03. The van der Waals surface area contributed by atoms with Crippen molar-refractivity contribution in [3.05, 3.63) is 0 Å². The molecular weight excluding hydrogens is 242 g/mol. The van der Waals surface area contributed by atoms with Gasteiger partial charge in [-0.25, -0.2) is 0 Å². The van der Waals surface area contributed by atoms with E-state index in [2.05, 4.69) is 35.5 Å². The van der Waals surface area contributed by atoms with Gasteiger partial charge in [-0.2, -0.15) is 30.6 Å². The largest absolute Gasteiger partial charge is 0.287 e. The highest BCUT2D eigenvalue weighted by Gasteiger charge is 2.17. The number of hydrogen-bond donors (Lipinski definition) is 0. The predicted molar refractivity (Wildman–Crippen MR) is 78.1 cm³/mol. The Kier molecular flexibility index (Phi) is 3.64. The Balaban J connectivity index is 1.60. The maximum absolute atomic E-state index is 4.13. The van der Waals surface area contributed by atoms with Gasteiger partial charge in [-0.1, -0.05) is 0 Å². The average Bonchev–Trinajstić information content (AvgIpc) is 3.10.